The van der Waals surface area contributed by atoms with Gasteiger partial charge in [-0.1, -0.05) is 23.2 Å². The summed E-state index contributed by atoms with van der Waals surface area (Å²) in [5.41, 5.74) is 0.110. The summed E-state index contributed by atoms with van der Waals surface area (Å²) < 4.78 is 36.2. The molecule has 0 aliphatic rings. The highest BCUT2D eigenvalue weighted by Crippen LogP contribution is 2.25. The van der Waals surface area contributed by atoms with Crippen molar-refractivity contribution in [2.45, 2.75) is 11.3 Å². The Bertz CT molecular complexity index is 898. The molecule has 0 atom stereocenters. The smallest absolute Gasteiger partial charge is 0.338 e. The van der Waals surface area contributed by atoms with E-state index in [0.29, 0.717) is 23.8 Å². The Hall–Kier alpha value is -1.80. The molecular weight excluding hydrogens is 413 g/mol. The van der Waals surface area contributed by atoms with Crippen molar-refractivity contribution < 1.29 is 22.7 Å². The standard InChI is InChI=1S/C18H19Cl2NO5S/c1-21(2)27(23,24)17-12-13(4-9-16(17)20)18(22)26-11-3-10-25-15-7-5-14(19)6-8-15/h4-9,12H,3,10-11H2,1-2H3. The zero-order valence-electron chi connectivity index (χ0n) is 14.8. The Balaban J connectivity index is 1.90. The highest BCUT2D eigenvalue weighted by atomic mass is 35.5. The Morgan fingerprint density at radius 3 is 2.33 bits per heavy atom. The number of hydrogen-bond donors (Lipinski definition) is 0. The lowest BCUT2D eigenvalue weighted by atomic mass is 10.2. The molecular formula is C18H19Cl2NO5S. The molecule has 2 rings (SSSR count). The largest absolute Gasteiger partial charge is 0.493 e. The third kappa shape index (κ3) is 5.84. The first-order chi connectivity index (χ1) is 12.7. The van der Waals surface area contributed by atoms with Crippen molar-refractivity contribution in [2.75, 3.05) is 27.3 Å². The fourth-order valence-electron chi connectivity index (χ4n) is 2.05. The quantitative estimate of drug-likeness (QED) is 0.468. The minimum Gasteiger partial charge on any atom is -0.493 e. The van der Waals surface area contributed by atoms with Gasteiger partial charge in [0.25, 0.3) is 0 Å². The molecule has 6 nitrogen and oxygen atoms in total. The van der Waals surface area contributed by atoms with E-state index in [-0.39, 0.29) is 22.1 Å². The van der Waals surface area contributed by atoms with Gasteiger partial charge in [-0.15, -0.1) is 0 Å². The topological polar surface area (TPSA) is 72.9 Å². The number of benzene rings is 2. The highest BCUT2D eigenvalue weighted by Gasteiger charge is 2.22. The van der Waals surface area contributed by atoms with E-state index in [1.807, 2.05) is 0 Å². The van der Waals surface area contributed by atoms with E-state index < -0.39 is 16.0 Å². The van der Waals surface area contributed by atoms with Crippen molar-refractivity contribution in [3.05, 3.63) is 58.1 Å². The highest BCUT2D eigenvalue weighted by molar-refractivity contribution is 7.89. The molecule has 0 spiro atoms. The van der Waals surface area contributed by atoms with Crippen molar-refractivity contribution in [1.82, 2.24) is 4.31 Å². The lowest BCUT2D eigenvalue weighted by Gasteiger charge is -2.13. The minimum atomic E-state index is -3.76. The number of carbonyl (C=O) groups is 1. The van der Waals surface area contributed by atoms with Crippen LogP contribution in [0.2, 0.25) is 10.0 Å². The molecule has 146 valence electrons. The van der Waals surface area contributed by atoms with E-state index in [2.05, 4.69) is 0 Å². The molecule has 9 heteroatoms. The van der Waals surface area contributed by atoms with Crippen LogP contribution in [0, 0.1) is 0 Å². The molecule has 0 bridgehead atoms. The predicted octanol–water partition coefficient (Wildman–Crippen LogP) is 3.87. The molecule has 0 aliphatic carbocycles. The molecule has 0 fully saturated rings. The van der Waals surface area contributed by atoms with Crippen molar-refractivity contribution in [3.63, 3.8) is 0 Å². The van der Waals surface area contributed by atoms with Gasteiger partial charge in [-0.05, 0) is 42.5 Å². The van der Waals surface area contributed by atoms with Gasteiger partial charge in [-0.3, -0.25) is 0 Å². The van der Waals surface area contributed by atoms with Crippen LogP contribution in [-0.2, 0) is 14.8 Å². The number of ether oxygens (including phenoxy) is 2. The van der Waals surface area contributed by atoms with E-state index in [0.717, 1.165) is 4.31 Å². The molecule has 2 aromatic carbocycles. The summed E-state index contributed by atoms with van der Waals surface area (Å²) in [6.07, 6.45) is 0.477. The van der Waals surface area contributed by atoms with Gasteiger partial charge in [-0.2, -0.15) is 0 Å². The van der Waals surface area contributed by atoms with Crippen LogP contribution in [0.25, 0.3) is 0 Å². The molecule has 0 unspecified atom stereocenters. The summed E-state index contributed by atoms with van der Waals surface area (Å²) in [4.78, 5) is 12.0. The van der Waals surface area contributed by atoms with Gasteiger partial charge in [0, 0.05) is 25.5 Å². The van der Waals surface area contributed by atoms with Crippen molar-refractivity contribution in [3.8, 4) is 5.75 Å². The molecule has 0 saturated carbocycles. The lowest BCUT2D eigenvalue weighted by molar-refractivity contribution is 0.0485. The van der Waals surface area contributed by atoms with Crippen LogP contribution in [0.4, 0.5) is 0 Å². The van der Waals surface area contributed by atoms with E-state index in [1.54, 1.807) is 24.3 Å². The first-order valence-electron chi connectivity index (χ1n) is 7.99. The molecule has 0 heterocycles. The number of nitrogens with zero attached hydrogens (tertiary/aromatic N) is 1. The van der Waals surface area contributed by atoms with Crippen molar-refractivity contribution in [2.24, 2.45) is 0 Å². The number of sulfonamides is 1. The maximum Gasteiger partial charge on any atom is 0.338 e. The second-order valence-corrected chi connectivity index (χ2v) is 8.69. The monoisotopic (exact) mass is 431 g/mol. The third-order valence-corrected chi connectivity index (χ3v) is 6.08. The van der Waals surface area contributed by atoms with Crippen LogP contribution in [0.1, 0.15) is 16.8 Å². The van der Waals surface area contributed by atoms with Gasteiger partial charge in [0.05, 0.1) is 23.8 Å². The molecule has 0 radical (unpaired) electrons. The van der Waals surface area contributed by atoms with E-state index in [4.69, 9.17) is 32.7 Å². The SMILES string of the molecule is CN(C)S(=O)(=O)c1cc(C(=O)OCCCOc2ccc(Cl)cc2)ccc1Cl. The molecule has 0 saturated heterocycles. The van der Waals surface area contributed by atoms with E-state index in [9.17, 15) is 13.2 Å². The second kappa shape index (κ2) is 9.41. The first-order valence-corrected chi connectivity index (χ1v) is 10.2. The van der Waals surface area contributed by atoms with Crippen LogP contribution in [0.3, 0.4) is 0 Å². The number of esters is 1. The van der Waals surface area contributed by atoms with Crippen LogP contribution < -0.4 is 4.74 Å². The maximum absolute atomic E-state index is 12.2. The first kappa shape index (κ1) is 21.5. The van der Waals surface area contributed by atoms with Gasteiger partial charge in [0.1, 0.15) is 10.6 Å². The van der Waals surface area contributed by atoms with E-state index >= 15 is 0 Å². The van der Waals surface area contributed by atoms with Crippen molar-refractivity contribution in [1.29, 1.82) is 0 Å². The number of hydrogen-bond acceptors (Lipinski definition) is 5. The number of rotatable bonds is 8. The van der Waals surface area contributed by atoms with Gasteiger partial charge >= 0.3 is 5.97 Å². The summed E-state index contributed by atoms with van der Waals surface area (Å²) in [7, 11) is -0.990. The molecule has 0 amide bonds. The summed E-state index contributed by atoms with van der Waals surface area (Å²) in [5.74, 6) is 0.0373. The van der Waals surface area contributed by atoms with E-state index in [1.165, 1.54) is 32.3 Å². The molecule has 0 aromatic heterocycles. The minimum absolute atomic E-state index is 0.0385. The average Bonchev–Trinajstić information content (AvgIpc) is 2.62. The van der Waals surface area contributed by atoms with Gasteiger partial charge in [0.15, 0.2) is 0 Å². The number of carbonyl (C=O) groups excluding carboxylic acids is 1. The zero-order valence-corrected chi connectivity index (χ0v) is 17.1. The summed E-state index contributed by atoms with van der Waals surface area (Å²) >= 11 is 11.8. The third-order valence-electron chi connectivity index (χ3n) is 3.53. The predicted molar refractivity (Wildman–Crippen MR) is 104 cm³/mol. The van der Waals surface area contributed by atoms with Crippen LogP contribution in [-0.4, -0.2) is 46.0 Å². The summed E-state index contributed by atoms with van der Waals surface area (Å²) in [6.45, 7) is 0.487. The van der Waals surface area contributed by atoms with Gasteiger partial charge in [-0.25, -0.2) is 17.5 Å². The average molecular weight is 432 g/mol. The maximum atomic E-state index is 12.2. The lowest BCUT2D eigenvalue weighted by Crippen LogP contribution is -2.23. The Labute approximate surface area is 168 Å². The second-order valence-electron chi connectivity index (χ2n) is 5.72. The van der Waals surface area contributed by atoms with Crippen molar-refractivity contribution >= 4 is 39.2 Å². The fraction of sp³-hybridized carbons (Fsp3) is 0.278. The van der Waals surface area contributed by atoms with Crippen LogP contribution in [0.5, 0.6) is 5.75 Å². The molecule has 2 aromatic rings. The molecule has 0 N–H and O–H groups in total. The van der Waals surface area contributed by atoms with Crippen LogP contribution >= 0.6 is 23.2 Å². The van der Waals surface area contributed by atoms with Crippen LogP contribution in [0.15, 0.2) is 47.4 Å². The summed E-state index contributed by atoms with van der Waals surface area (Å²) in [6, 6.07) is 10.9. The molecule has 27 heavy (non-hydrogen) atoms. The zero-order chi connectivity index (χ0) is 20.0. The molecule has 0 aliphatic heterocycles. The fourth-order valence-corrected chi connectivity index (χ4v) is 3.57. The summed E-state index contributed by atoms with van der Waals surface area (Å²) in [5, 5.41) is 0.659. The Morgan fingerprint density at radius 2 is 1.70 bits per heavy atom. The van der Waals surface area contributed by atoms with Gasteiger partial charge in [0.2, 0.25) is 10.0 Å². The Kier molecular flexibility index (Phi) is 7.49. The number of halogens is 2. The Morgan fingerprint density at radius 1 is 1.04 bits per heavy atom. The normalized spacial score (nSPS) is 11.4. The van der Waals surface area contributed by atoms with Gasteiger partial charge < -0.3 is 9.47 Å².